The molecule has 0 aliphatic carbocycles. The number of aliphatic hydroxyl groups is 1. The van der Waals surface area contributed by atoms with Crippen LogP contribution in [0.2, 0.25) is 0 Å². The Morgan fingerprint density at radius 1 is 1.25 bits per heavy atom. The molecule has 5 heteroatoms. The van der Waals surface area contributed by atoms with Crippen molar-refractivity contribution in [2.45, 2.75) is 64.2 Å². The SMILES string of the molecule is CC1(O)CCN([C@@H]2CCN(C(=O)OC(C)(C)C)C2)CC1. The fraction of sp³-hybridized carbons (Fsp3) is 0.933. The van der Waals surface area contributed by atoms with Gasteiger partial charge in [-0.1, -0.05) is 0 Å². The van der Waals surface area contributed by atoms with Crippen LogP contribution in [0, 0.1) is 0 Å². The zero-order valence-corrected chi connectivity index (χ0v) is 13.2. The summed E-state index contributed by atoms with van der Waals surface area (Å²) in [7, 11) is 0. The quantitative estimate of drug-likeness (QED) is 0.798. The molecule has 0 bridgehead atoms. The van der Waals surface area contributed by atoms with Crippen molar-refractivity contribution in [3.05, 3.63) is 0 Å². The first-order valence-electron chi connectivity index (χ1n) is 7.61. The molecule has 2 fully saturated rings. The number of hydrogen-bond donors (Lipinski definition) is 1. The van der Waals surface area contributed by atoms with Crippen LogP contribution < -0.4 is 0 Å². The van der Waals surface area contributed by atoms with E-state index in [-0.39, 0.29) is 6.09 Å². The highest BCUT2D eigenvalue weighted by molar-refractivity contribution is 5.68. The standard InChI is InChI=1S/C15H28N2O3/c1-14(2,3)20-13(18)17-8-5-12(11-17)16-9-6-15(4,19)7-10-16/h12,19H,5-11H2,1-4H3/t12-/m1/s1. The summed E-state index contributed by atoms with van der Waals surface area (Å²) >= 11 is 0. The van der Waals surface area contributed by atoms with Gasteiger partial charge in [0, 0.05) is 32.2 Å². The molecule has 0 radical (unpaired) electrons. The van der Waals surface area contributed by atoms with Crippen molar-refractivity contribution in [2.24, 2.45) is 0 Å². The number of amides is 1. The molecule has 20 heavy (non-hydrogen) atoms. The average molecular weight is 284 g/mol. The van der Waals surface area contributed by atoms with E-state index in [2.05, 4.69) is 4.90 Å². The highest BCUT2D eigenvalue weighted by atomic mass is 16.6. The van der Waals surface area contributed by atoms with Gasteiger partial charge < -0.3 is 14.7 Å². The number of likely N-dealkylation sites (tertiary alicyclic amines) is 2. The molecule has 0 saturated carbocycles. The first kappa shape index (κ1) is 15.6. The van der Waals surface area contributed by atoms with Crippen LogP contribution in [0.4, 0.5) is 4.79 Å². The third kappa shape index (κ3) is 4.09. The van der Waals surface area contributed by atoms with E-state index in [0.29, 0.717) is 6.04 Å². The number of hydrogen-bond acceptors (Lipinski definition) is 4. The number of carbonyl (C=O) groups is 1. The zero-order chi connectivity index (χ0) is 15.0. The van der Waals surface area contributed by atoms with Gasteiger partial charge in [0.2, 0.25) is 0 Å². The van der Waals surface area contributed by atoms with Gasteiger partial charge in [-0.25, -0.2) is 4.79 Å². The van der Waals surface area contributed by atoms with E-state index in [4.69, 9.17) is 4.74 Å². The Morgan fingerprint density at radius 2 is 1.85 bits per heavy atom. The van der Waals surface area contributed by atoms with Crippen LogP contribution in [0.15, 0.2) is 0 Å². The van der Waals surface area contributed by atoms with E-state index in [9.17, 15) is 9.90 Å². The lowest BCUT2D eigenvalue weighted by Crippen LogP contribution is -2.48. The molecule has 2 heterocycles. The second-order valence-electron chi connectivity index (χ2n) is 7.40. The van der Waals surface area contributed by atoms with Crippen molar-refractivity contribution in [1.29, 1.82) is 0 Å². The van der Waals surface area contributed by atoms with E-state index < -0.39 is 11.2 Å². The first-order valence-corrected chi connectivity index (χ1v) is 7.61. The Bertz CT molecular complexity index is 353. The van der Waals surface area contributed by atoms with Gasteiger partial charge in [-0.05, 0) is 47.0 Å². The fourth-order valence-electron chi connectivity index (χ4n) is 2.90. The van der Waals surface area contributed by atoms with E-state index in [1.807, 2.05) is 32.6 Å². The van der Waals surface area contributed by atoms with E-state index in [0.717, 1.165) is 45.4 Å². The van der Waals surface area contributed by atoms with E-state index in [1.54, 1.807) is 0 Å². The molecule has 2 rings (SSSR count). The summed E-state index contributed by atoms with van der Waals surface area (Å²) in [5.74, 6) is 0. The molecule has 1 amide bonds. The lowest BCUT2D eigenvalue weighted by molar-refractivity contribution is -0.0163. The highest BCUT2D eigenvalue weighted by Crippen LogP contribution is 2.26. The van der Waals surface area contributed by atoms with E-state index >= 15 is 0 Å². The lowest BCUT2D eigenvalue weighted by Gasteiger charge is -2.38. The summed E-state index contributed by atoms with van der Waals surface area (Å²) in [4.78, 5) is 16.3. The van der Waals surface area contributed by atoms with Crippen molar-refractivity contribution in [3.8, 4) is 0 Å². The van der Waals surface area contributed by atoms with Gasteiger partial charge >= 0.3 is 6.09 Å². The van der Waals surface area contributed by atoms with Crippen LogP contribution >= 0.6 is 0 Å². The van der Waals surface area contributed by atoms with Crippen molar-refractivity contribution < 1.29 is 14.6 Å². The van der Waals surface area contributed by atoms with Gasteiger partial charge in [0.05, 0.1) is 5.60 Å². The second kappa shape index (κ2) is 5.53. The molecule has 0 aromatic carbocycles. The average Bonchev–Trinajstić information content (AvgIpc) is 2.76. The number of ether oxygens (including phenoxy) is 1. The minimum absolute atomic E-state index is 0.205. The Kier molecular flexibility index (Phi) is 4.30. The monoisotopic (exact) mass is 284 g/mol. The first-order chi connectivity index (χ1) is 9.16. The van der Waals surface area contributed by atoms with Gasteiger partial charge in [0.15, 0.2) is 0 Å². The number of piperidine rings is 1. The molecule has 0 aromatic rings. The van der Waals surface area contributed by atoms with Crippen LogP contribution in [-0.2, 0) is 4.74 Å². The molecule has 0 aromatic heterocycles. The van der Waals surface area contributed by atoms with Crippen LogP contribution in [0.5, 0.6) is 0 Å². The fourth-order valence-corrected chi connectivity index (χ4v) is 2.90. The lowest BCUT2D eigenvalue weighted by atomic mass is 9.93. The van der Waals surface area contributed by atoms with Crippen LogP contribution in [0.25, 0.3) is 0 Å². The van der Waals surface area contributed by atoms with Crippen molar-refractivity contribution in [2.75, 3.05) is 26.2 Å². The molecule has 0 unspecified atom stereocenters. The van der Waals surface area contributed by atoms with Gasteiger partial charge in [-0.2, -0.15) is 0 Å². The van der Waals surface area contributed by atoms with Gasteiger partial charge in [-0.15, -0.1) is 0 Å². The number of carbonyl (C=O) groups excluding carboxylic acids is 1. The Balaban J connectivity index is 1.82. The van der Waals surface area contributed by atoms with Crippen molar-refractivity contribution in [1.82, 2.24) is 9.80 Å². The molecule has 2 aliphatic rings. The predicted molar refractivity (Wildman–Crippen MR) is 77.6 cm³/mol. The van der Waals surface area contributed by atoms with Gasteiger partial charge in [0.25, 0.3) is 0 Å². The smallest absolute Gasteiger partial charge is 0.410 e. The second-order valence-corrected chi connectivity index (χ2v) is 7.40. The van der Waals surface area contributed by atoms with E-state index in [1.165, 1.54) is 0 Å². The van der Waals surface area contributed by atoms with Gasteiger partial charge in [0.1, 0.15) is 5.60 Å². The normalized spacial score (nSPS) is 27.6. The maximum Gasteiger partial charge on any atom is 0.410 e. The Labute approximate surface area is 121 Å². The molecule has 2 saturated heterocycles. The summed E-state index contributed by atoms with van der Waals surface area (Å²) in [5, 5.41) is 9.99. The van der Waals surface area contributed by atoms with Crippen LogP contribution in [-0.4, -0.2) is 64.4 Å². The minimum Gasteiger partial charge on any atom is -0.444 e. The molecule has 1 atom stereocenters. The maximum absolute atomic E-state index is 12.0. The summed E-state index contributed by atoms with van der Waals surface area (Å²) < 4.78 is 5.42. The summed E-state index contributed by atoms with van der Waals surface area (Å²) in [5.41, 5.74) is -0.945. The highest BCUT2D eigenvalue weighted by Gasteiger charge is 2.36. The van der Waals surface area contributed by atoms with Crippen molar-refractivity contribution in [3.63, 3.8) is 0 Å². The molecule has 116 valence electrons. The zero-order valence-electron chi connectivity index (χ0n) is 13.2. The minimum atomic E-state index is -0.514. The Hall–Kier alpha value is -0.810. The maximum atomic E-state index is 12.0. The van der Waals surface area contributed by atoms with Crippen LogP contribution in [0.1, 0.15) is 47.0 Å². The molecule has 0 spiro atoms. The molecular weight excluding hydrogens is 256 g/mol. The summed E-state index contributed by atoms with van der Waals surface area (Å²) in [6, 6.07) is 0.415. The summed E-state index contributed by atoms with van der Waals surface area (Å²) in [6.07, 6.45) is 2.43. The van der Waals surface area contributed by atoms with Gasteiger partial charge in [-0.3, -0.25) is 4.90 Å². The summed E-state index contributed by atoms with van der Waals surface area (Å²) in [6.45, 7) is 10.9. The predicted octanol–water partition coefficient (Wildman–Crippen LogP) is 1.84. The molecule has 1 N–H and O–H groups in total. The molecule has 2 aliphatic heterocycles. The molecular formula is C15H28N2O3. The number of rotatable bonds is 1. The van der Waals surface area contributed by atoms with Crippen LogP contribution in [0.3, 0.4) is 0 Å². The largest absolute Gasteiger partial charge is 0.444 e. The molecule has 5 nitrogen and oxygen atoms in total. The number of nitrogens with zero attached hydrogens (tertiary/aromatic N) is 2. The third-order valence-electron chi connectivity index (χ3n) is 4.21. The topological polar surface area (TPSA) is 53.0 Å². The van der Waals surface area contributed by atoms with Crippen molar-refractivity contribution >= 4 is 6.09 Å². The third-order valence-corrected chi connectivity index (χ3v) is 4.21. The Morgan fingerprint density at radius 3 is 2.40 bits per heavy atom.